The largest absolute Gasteiger partial charge is 0.459 e. The maximum Gasteiger partial charge on any atom is 0.305 e. The Morgan fingerprint density at radius 3 is 2.07 bits per heavy atom. The highest BCUT2D eigenvalue weighted by Crippen LogP contribution is 2.39. The van der Waals surface area contributed by atoms with Gasteiger partial charge in [-0.25, -0.2) is 0 Å². The monoisotopic (exact) mass is 664 g/mol. The van der Waals surface area contributed by atoms with Gasteiger partial charge in [-0.1, -0.05) is 77.1 Å². The van der Waals surface area contributed by atoms with Crippen LogP contribution in [0.3, 0.4) is 0 Å². The molecule has 0 bridgehead atoms. The highest BCUT2D eigenvalue weighted by Gasteiger charge is 2.48. The molecule has 10 nitrogen and oxygen atoms in total. The summed E-state index contributed by atoms with van der Waals surface area (Å²) in [6, 6.07) is 8.63. The molecule has 0 unspecified atom stereocenters. The van der Waals surface area contributed by atoms with Crippen LogP contribution in [0.4, 0.5) is 0 Å². The molecule has 0 spiro atoms. The average Bonchev–Trinajstić information content (AvgIpc) is 3.60. The van der Waals surface area contributed by atoms with Crippen LogP contribution in [0.5, 0.6) is 0 Å². The van der Waals surface area contributed by atoms with Crippen LogP contribution in [0.15, 0.2) is 41.0 Å². The third-order valence-corrected chi connectivity index (χ3v) is 8.16. The normalized spacial score (nSPS) is 21.3. The maximum absolute atomic E-state index is 12.8. The zero-order chi connectivity index (χ0) is 33.1. The SMILES string of the molecule is CCCCOC[C@H]1O[C@@H](c2ccc(Cl)c(CC(=O)NNC(=O)c3ccco3)c2)[C@H](OCCCC)[C@@H](OCCCC)[C@@H]1OCCCC. The Bertz CT molecular complexity index is 1150. The van der Waals surface area contributed by atoms with Gasteiger partial charge in [-0.15, -0.1) is 0 Å². The van der Waals surface area contributed by atoms with E-state index in [1.807, 2.05) is 12.1 Å². The molecule has 1 aliphatic rings. The Hall–Kier alpha value is -2.47. The fourth-order valence-corrected chi connectivity index (χ4v) is 5.33. The van der Waals surface area contributed by atoms with Gasteiger partial charge in [-0.2, -0.15) is 0 Å². The summed E-state index contributed by atoms with van der Waals surface area (Å²) in [5.41, 5.74) is 6.18. The first-order chi connectivity index (χ1) is 22.4. The number of ether oxygens (including phenoxy) is 5. The van der Waals surface area contributed by atoms with Gasteiger partial charge in [-0.3, -0.25) is 20.4 Å². The van der Waals surface area contributed by atoms with E-state index >= 15 is 0 Å². The van der Waals surface area contributed by atoms with Crippen LogP contribution >= 0.6 is 11.6 Å². The quantitative estimate of drug-likeness (QED) is 0.111. The van der Waals surface area contributed by atoms with Crippen molar-refractivity contribution in [2.45, 2.75) is 116 Å². The molecular weight excluding hydrogens is 612 g/mol. The smallest absolute Gasteiger partial charge is 0.305 e. The third kappa shape index (κ3) is 12.0. The molecule has 1 saturated heterocycles. The van der Waals surface area contributed by atoms with Crippen molar-refractivity contribution in [1.29, 1.82) is 0 Å². The minimum Gasteiger partial charge on any atom is -0.459 e. The van der Waals surface area contributed by atoms with E-state index < -0.39 is 36.2 Å². The molecule has 0 aliphatic carbocycles. The van der Waals surface area contributed by atoms with E-state index in [9.17, 15) is 9.59 Å². The molecule has 2 aromatic rings. The molecule has 1 aromatic heterocycles. The number of hydrogen-bond acceptors (Lipinski definition) is 8. The number of carbonyl (C=O) groups is 2. The highest BCUT2D eigenvalue weighted by molar-refractivity contribution is 6.31. The second kappa shape index (κ2) is 21.4. The highest BCUT2D eigenvalue weighted by atomic mass is 35.5. The van der Waals surface area contributed by atoms with Crippen molar-refractivity contribution in [3.8, 4) is 0 Å². The average molecular weight is 665 g/mol. The van der Waals surface area contributed by atoms with Crippen molar-refractivity contribution in [3.05, 3.63) is 58.5 Å². The summed E-state index contributed by atoms with van der Waals surface area (Å²) in [6.45, 7) is 11.2. The van der Waals surface area contributed by atoms with Gasteiger partial charge >= 0.3 is 5.91 Å². The summed E-state index contributed by atoms with van der Waals surface area (Å²) >= 11 is 6.58. The zero-order valence-corrected chi connectivity index (χ0v) is 28.7. The second-order valence-electron chi connectivity index (χ2n) is 11.6. The number of nitrogens with one attached hydrogen (secondary N) is 2. The predicted molar refractivity (Wildman–Crippen MR) is 177 cm³/mol. The Morgan fingerprint density at radius 1 is 0.804 bits per heavy atom. The van der Waals surface area contributed by atoms with Crippen LogP contribution in [0.1, 0.15) is 107 Å². The van der Waals surface area contributed by atoms with Crippen LogP contribution in [0, 0.1) is 0 Å². The Labute approximate surface area is 279 Å². The van der Waals surface area contributed by atoms with E-state index in [-0.39, 0.29) is 18.3 Å². The molecule has 3 rings (SSSR count). The second-order valence-corrected chi connectivity index (χ2v) is 12.0. The number of amides is 2. The number of unbranched alkanes of at least 4 members (excludes halogenated alkanes) is 4. The fourth-order valence-electron chi connectivity index (χ4n) is 5.15. The first kappa shape index (κ1) is 38.0. The molecule has 46 heavy (non-hydrogen) atoms. The standard InChI is InChI=1S/C35H53ClN2O8/c1-5-9-17-41-24-29-32(43-18-10-6-2)34(45-20-12-8-4)33(44-19-11-7-3)31(46-29)25-15-16-27(36)26(22-25)23-30(39)37-38-35(40)28-14-13-21-42-28/h13-16,21-22,29,31-34H,5-12,17-20,23-24H2,1-4H3,(H,37,39)(H,38,40)/t29-,31+,32-,33+,34+/m1/s1. The summed E-state index contributed by atoms with van der Waals surface area (Å²) in [4.78, 5) is 25.0. The molecule has 11 heteroatoms. The van der Waals surface area contributed by atoms with Crippen LogP contribution in [0.25, 0.3) is 0 Å². The molecular formula is C35H53ClN2O8. The van der Waals surface area contributed by atoms with Gasteiger partial charge in [-0.05, 0) is 55.0 Å². The van der Waals surface area contributed by atoms with Crippen molar-refractivity contribution in [2.75, 3.05) is 33.0 Å². The number of hydrazine groups is 1. The van der Waals surface area contributed by atoms with Crippen molar-refractivity contribution >= 4 is 23.4 Å². The van der Waals surface area contributed by atoms with Gasteiger partial charge in [0, 0.05) is 31.5 Å². The lowest BCUT2D eigenvalue weighted by molar-refractivity contribution is -0.268. The Balaban J connectivity index is 1.89. The molecule has 2 N–H and O–H groups in total. The zero-order valence-electron chi connectivity index (χ0n) is 27.9. The first-order valence-electron chi connectivity index (χ1n) is 16.9. The lowest BCUT2D eigenvalue weighted by Gasteiger charge is -2.46. The molecule has 2 heterocycles. The number of rotatable bonds is 21. The van der Waals surface area contributed by atoms with Crippen molar-refractivity contribution < 1.29 is 37.7 Å². The van der Waals surface area contributed by atoms with Crippen LogP contribution in [0.2, 0.25) is 5.02 Å². The minimum atomic E-state index is -0.558. The van der Waals surface area contributed by atoms with Gasteiger partial charge in [0.1, 0.15) is 30.5 Å². The van der Waals surface area contributed by atoms with Crippen molar-refractivity contribution in [3.63, 3.8) is 0 Å². The van der Waals surface area contributed by atoms with Crippen LogP contribution < -0.4 is 10.9 Å². The van der Waals surface area contributed by atoms with E-state index in [0.29, 0.717) is 43.6 Å². The topological polar surface area (TPSA) is 117 Å². The van der Waals surface area contributed by atoms with Crippen molar-refractivity contribution in [2.24, 2.45) is 0 Å². The fraction of sp³-hybridized carbons (Fsp3) is 0.657. The number of hydrogen-bond donors (Lipinski definition) is 2. The molecule has 1 aliphatic heterocycles. The third-order valence-electron chi connectivity index (χ3n) is 7.79. The van der Waals surface area contributed by atoms with E-state index in [0.717, 1.165) is 56.9 Å². The molecule has 0 radical (unpaired) electrons. The number of halogens is 1. The van der Waals surface area contributed by atoms with Gasteiger partial charge < -0.3 is 28.1 Å². The Morgan fingerprint density at radius 2 is 1.43 bits per heavy atom. The number of furan rings is 1. The van der Waals surface area contributed by atoms with Crippen LogP contribution in [-0.4, -0.2) is 69.3 Å². The number of carbonyl (C=O) groups excluding carboxylic acids is 2. The summed E-state index contributed by atoms with van der Waals surface area (Å²) in [6.07, 6.45) is 6.92. The predicted octanol–water partition coefficient (Wildman–Crippen LogP) is 6.75. The maximum atomic E-state index is 12.8. The van der Waals surface area contributed by atoms with Gasteiger partial charge in [0.25, 0.3) is 0 Å². The number of benzene rings is 1. The molecule has 5 atom stereocenters. The van der Waals surface area contributed by atoms with E-state index in [2.05, 4.69) is 38.5 Å². The van der Waals surface area contributed by atoms with E-state index in [1.165, 1.54) is 12.3 Å². The first-order valence-corrected chi connectivity index (χ1v) is 17.3. The lowest BCUT2D eigenvalue weighted by atomic mass is 9.89. The van der Waals surface area contributed by atoms with E-state index in [4.69, 9.17) is 39.7 Å². The van der Waals surface area contributed by atoms with Crippen LogP contribution in [-0.2, 0) is 34.9 Å². The summed E-state index contributed by atoms with van der Waals surface area (Å²) in [7, 11) is 0. The summed E-state index contributed by atoms with van der Waals surface area (Å²) < 4.78 is 37.7. The molecule has 2 amide bonds. The van der Waals surface area contributed by atoms with Gasteiger partial charge in [0.05, 0.1) is 19.3 Å². The molecule has 258 valence electrons. The molecule has 0 saturated carbocycles. The minimum absolute atomic E-state index is 0.0675. The lowest BCUT2D eigenvalue weighted by Crippen LogP contribution is -2.58. The Kier molecular flexibility index (Phi) is 17.7. The van der Waals surface area contributed by atoms with Gasteiger partial charge in [0.15, 0.2) is 5.76 Å². The molecule has 1 fully saturated rings. The van der Waals surface area contributed by atoms with Crippen molar-refractivity contribution in [1.82, 2.24) is 10.9 Å². The molecule has 1 aromatic carbocycles. The summed E-state index contributed by atoms with van der Waals surface area (Å²) in [5.74, 6) is -0.908. The van der Waals surface area contributed by atoms with Gasteiger partial charge in [0.2, 0.25) is 5.91 Å². The summed E-state index contributed by atoms with van der Waals surface area (Å²) in [5, 5.41) is 0.423. The van der Waals surface area contributed by atoms with E-state index in [1.54, 1.807) is 12.1 Å².